The number of hydrogen-bond donors (Lipinski definition) is 1. The van der Waals surface area contributed by atoms with Crippen LogP contribution in [0.15, 0.2) is 16.6 Å². The van der Waals surface area contributed by atoms with Crippen molar-refractivity contribution in [2.45, 2.75) is 0 Å². The largest absolute Gasteiger partial charge is 0.267 e. The zero-order valence-electron chi connectivity index (χ0n) is 4.20. The molecule has 0 fully saturated rings. The Morgan fingerprint density at radius 1 is 1.75 bits per heavy atom. The van der Waals surface area contributed by atoms with Gasteiger partial charge in [-0.1, -0.05) is 0 Å². The Bertz CT molecular complexity index is 224. The van der Waals surface area contributed by atoms with E-state index >= 15 is 0 Å². The Balaban J connectivity index is 2.98. The van der Waals surface area contributed by atoms with Gasteiger partial charge in [0, 0.05) is 17.8 Å². The number of nitrogens with one attached hydrogen (secondary N) is 1. The first-order valence-corrected chi connectivity index (χ1v) is 3.94. The number of nitrogens with zero attached hydrogens (tertiary/aromatic N) is 1. The molecule has 1 atom stereocenters. The highest BCUT2D eigenvalue weighted by atomic mass is 32.2. The maximum absolute atomic E-state index is 10.7. The van der Waals surface area contributed by atoms with Gasteiger partial charge in [0.05, 0.1) is 15.5 Å². The summed E-state index contributed by atoms with van der Waals surface area (Å²) >= 11 is 0. The predicted molar refractivity (Wildman–Crippen MR) is 33.4 cm³/mol. The summed E-state index contributed by atoms with van der Waals surface area (Å²) in [6, 6.07) is 0. The van der Waals surface area contributed by atoms with Gasteiger partial charge in [0.1, 0.15) is 0 Å². The Morgan fingerprint density at radius 2 is 2.50 bits per heavy atom. The van der Waals surface area contributed by atoms with E-state index < -0.39 is 9.73 Å². The molecule has 1 unspecified atom stereocenters. The van der Waals surface area contributed by atoms with E-state index in [4.69, 9.17) is 4.78 Å². The van der Waals surface area contributed by atoms with Crippen LogP contribution in [0.2, 0.25) is 0 Å². The Kier molecular flexibility index (Phi) is 1.17. The summed E-state index contributed by atoms with van der Waals surface area (Å²) in [5, 5.41) is 1.33. The second kappa shape index (κ2) is 1.70. The second-order valence-electron chi connectivity index (χ2n) is 1.51. The molecule has 0 aromatic heterocycles. The molecule has 0 saturated heterocycles. The SMILES string of the molecule is N=S1(=O)C=CN=CC1. The highest BCUT2D eigenvalue weighted by molar-refractivity contribution is 7.95. The van der Waals surface area contributed by atoms with E-state index in [1.54, 1.807) is 0 Å². The lowest BCUT2D eigenvalue weighted by Gasteiger charge is -1.97. The molecular weight excluding hydrogens is 124 g/mol. The smallest absolute Gasteiger partial charge is 0.0723 e. The van der Waals surface area contributed by atoms with Gasteiger partial charge in [0.15, 0.2) is 0 Å². The van der Waals surface area contributed by atoms with Crippen LogP contribution in [0.1, 0.15) is 0 Å². The highest BCUT2D eigenvalue weighted by Crippen LogP contribution is 1.96. The van der Waals surface area contributed by atoms with Crippen LogP contribution >= 0.6 is 0 Å². The predicted octanol–water partition coefficient (Wildman–Crippen LogP) is 0.589. The molecule has 1 aliphatic rings. The van der Waals surface area contributed by atoms with Gasteiger partial charge >= 0.3 is 0 Å². The van der Waals surface area contributed by atoms with Crippen molar-refractivity contribution in [1.29, 1.82) is 4.78 Å². The van der Waals surface area contributed by atoms with Gasteiger partial charge in [-0.25, -0.2) is 8.99 Å². The lowest BCUT2D eigenvalue weighted by atomic mass is 10.8. The van der Waals surface area contributed by atoms with E-state index in [1.807, 2.05) is 0 Å². The van der Waals surface area contributed by atoms with E-state index in [9.17, 15) is 4.21 Å². The number of aliphatic imine (C=N–C) groups is 1. The maximum Gasteiger partial charge on any atom is 0.0723 e. The highest BCUT2D eigenvalue weighted by Gasteiger charge is 1.99. The van der Waals surface area contributed by atoms with E-state index in [-0.39, 0.29) is 5.75 Å². The van der Waals surface area contributed by atoms with Crippen LogP contribution in [-0.4, -0.2) is 16.2 Å². The molecule has 0 bridgehead atoms. The molecular formula is C4H6N2OS. The van der Waals surface area contributed by atoms with Crippen LogP contribution in [0.25, 0.3) is 0 Å². The molecule has 0 amide bonds. The van der Waals surface area contributed by atoms with Crippen LogP contribution in [0.4, 0.5) is 0 Å². The molecule has 0 aromatic rings. The van der Waals surface area contributed by atoms with Crippen molar-refractivity contribution in [2.75, 3.05) is 5.75 Å². The first kappa shape index (κ1) is 5.50. The molecule has 0 aliphatic carbocycles. The summed E-state index contributed by atoms with van der Waals surface area (Å²) in [5.74, 6) is 0.267. The summed E-state index contributed by atoms with van der Waals surface area (Å²) in [7, 11) is -2.41. The van der Waals surface area contributed by atoms with Gasteiger partial charge in [-0.15, -0.1) is 0 Å². The van der Waals surface area contributed by atoms with Crippen molar-refractivity contribution >= 4 is 15.9 Å². The average molecular weight is 130 g/mol. The zero-order valence-corrected chi connectivity index (χ0v) is 5.02. The number of rotatable bonds is 0. The molecule has 4 heteroatoms. The third kappa shape index (κ3) is 1.16. The monoisotopic (exact) mass is 130 g/mol. The van der Waals surface area contributed by atoms with E-state index in [1.165, 1.54) is 17.8 Å². The van der Waals surface area contributed by atoms with E-state index in [0.717, 1.165) is 0 Å². The molecule has 8 heavy (non-hydrogen) atoms. The van der Waals surface area contributed by atoms with E-state index in [0.29, 0.717) is 0 Å². The molecule has 0 spiro atoms. The fourth-order valence-corrected chi connectivity index (χ4v) is 1.09. The molecule has 1 N–H and O–H groups in total. The summed E-state index contributed by atoms with van der Waals surface area (Å²) in [5.41, 5.74) is 0. The quantitative estimate of drug-likeness (QED) is 0.512. The molecule has 1 rings (SSSR count). The molecule has 44 valence electrons. The molecule has 1 aliphatic heterocycles. The standard InChI is InChI=1S/C4H6N2OS/c5-8(7)3-1-6-2-4-8/h1-3,5H,4H2. The summed E-state index contributed by atoms with van der Waals surface area (Å²) < 4.78 is 17.7. The third-order valence-electron chi connectivity index (χ3n) is 0.794. The van der Waals surface area contributed by atoms with Crippen molar-refractivity contribution in [3.63, 3.8) is 0 Å². The van der Waals surface area contributed by atoms with Gasteiger partial charge < -0.3 is 0 Å². The first-order valence-electron chi connectivity index (χ1n) is 2.15. The van der Waals surface area contributed by atoms with Gasteiger partial charge in [0.25, 0.3) is 0 Å². The molecule has 0 radical (unpaired) electrons. The van der Waals surface area contributed by atoms with Crippen LogP contribution in [-0.2, 0) is 9.73 Å². The lowest BCUT2D eigenvalue weighted by Crippen LogP contribution is -2.03. The minimum absolute atomic E-state index is 0.267. The maximum atomic E-state index is 10.7. The van der Waals surface area contributed by atoms with Crippen molar-refractivity contribution in [2.24, 2.45) is 4.99 Å². The van der Waals surface area contributed by atoms with Gasteiger partial charge in [-0.05, 0) is 0 Å². The topological polar surface area (TPSA) is 53.3 Å². The molecule has 1 heterocycles. The van der Waals surface area contributed by atoms with Crippen molar-refractivity contribution in [3.05, 3.63) is 11.6 Å². The Labute approximate surface area is 48.1 Å². The summed E-state index contributed by atoms with van der Waals surface area (Å²) in [6.07, 6.45) is 2.90. The van der Waals surface area contributed by atoms with Crippen molar-refractivity contribution in [1.82, 2.24) is 0 Å². The number of hydrogen-bond acceptors (Lipinski definition) is 3. The fourth-order valence-electron chi connectivity index (χ4n) is 0.404. The van der Waals surface area contributed by atoms with Gasteiger partial charge in [-0.2, -0.15) is 0 Å². The van der Waals surface area contributed by atoms with Crippen LogP contribution < -0.4 is 0 Å². The van der Waals surface area contributed by atoms with Crippen molar-refractivity contribution < 1.29 is 4.21 Å². The first-order chi connectivity index (χ1) is 3.71. The molecule has 3 nitrogen and oxygen atoms in total. The summed E-state index contributed by atoms with van der Waals surface area (Å²) in [4.78, 5) is 3.67. The summed E-state index contributed by atoms with van der Waals surface area (Å²) in [6.45, 7) is 0. The average Bonchev–Trinajstić information content (AvgIpc) is 1.65. The lowest BCUT2D eigenvalue weighted by molar-refractivity contribution is 0.683. The van der Waals surface area contributed by atoms with Crippen LogP contribution in [0.5, 0.6) is 0 Å². The molecule has 0 aromatic carbocycles. The normalized spacial score (nSPS) is 35.5. The fraction of sp³-hybridized carbons (Fsp3) is 0.250. The zero-order chi connectivity index (χ0) is 6.04. The minimum atomic E-state index is -2.41. The Hall–Kier alpha value is -0.640. The van der Waals surface area contributed by atoms with Crippen molar-refractivity contribution in [3.8, 4) is 0 Å². The van der Waals surface area contributed by atoms with Crippen LogP contribution in [0.3, 0.4) is 0 Å². The van der Waals surface area contributed by atoms with Crippen LogP contribution in [0, 0.1) is 4.78 Å². The second-order valence-corrected chi connectivity index (χ2v) is 3.57. The Morgan fingerprint density at radius 3 is 2.75 bits per heavy atom. The van der Waals surface area contributed by atoms with E-state index in [2.05, 4.69) is 4.99 Å². The third-order valence-corrected chi connectivity index (χ3v) is 2.00. The molecule has 0 saturated carbocycles. The van der Waals surface area contributed by atoms with Gasteiger partial charge in [-0.3, -0.25) is 4.99 Å². The van der Waals surface area contributed by atoms with Gasteiger partial charge in [0.2, 0.25) is 0 Å². The minimum Gasteiger partial charge on any atom is -0.267 e.